The molecule has 0 bridgehead atoms. The minimum absolute atomic E-state index is 0.152. The zero-order chi connectivity index (χ0) is 31.1. The number of aryl methyl sites for hydroxylation is 2. The standard InChI is InChI=1S/C34H45N9O/c1-6-42(22-20-40-18-16-38(4)25-40)30-12-8-28(9-13-30)36-32-24-33(44)27(3)35-34(32)37-29-10-14-31(15-11-29)43(7-2)23-21-41-19-17-39(5)26-41/h8-19,24,26,36H,6-7,20-23,25H2,1-5H3,(H-,35,37,44)/p+1. The molecule has 0 aliphatic carbocycles. The summed E-state index contributed by atoms with van der Waals surface area (Å²) < 4.78 is 4.26. The van der Waals surface area contributed by atoms with Crippen molar-refractivity contribution in [3.63, 3.8) is 0 Å². The van der Waals surface area contributed by atoms with Crippen molar-refractivity contribution in [3.8, 4) is 5.75 Å². The summed E-state index contributed by atoms with van der Waals surface area (Å²) >= 11 is 0. The molecule has 1 aliphatic heterocycles. The van der Waals surface area contributed by atoms with Crippen molar-refractivity contribution in [3.05, 3.63) is 91.4 Å². The predicted molar refractivity (Wildman–Crippen MR) is 180 cm³/mol. The number of pyridine rings is 1. The number of aromatic nitrogens is 3. The molecule has 5 rings (SSSR count). The number of rotatable bonds is 14. The van der Waals surface area contributed by atoms with Gasteiger partial charge >= 0.3 is 0 Å². The molecule has 0 unspecified atom stereocenters. The highest BCUT2D eigenvalue weighted by Gasteiger charge is 2.14. The molecule has 1 aliphatic rings. The Morgan fingerprint density at radius 1 is 0.886 bits per heavy atom. The lowest BCUT2D eigenvalue weighted by atomic mass is 10.2. The summed E-state index contributed by atoms with van der Waals surface area (Å²) in [6.45, 7) is 12.7. The van der Waals surface area contributed by atoms with Gasteiger partial charge < -0.3 is 35.3 Å². The molecular weight excluding hydrogens is 550 g/mol. The summed E-state index contributed by atoms with van der Waals surface area (Å²) in [5.74, 6) is 0.808. The first-order valence-electron chi connectivity index (χ1n) is 15.4. The van der Waals surface area contributed by atoms with E-state index in [1.165, 1.54) is 11.4 Å². The number of anilines is 6. The van der Waals surface area contributed by atoms with Crippen LogP contribution in [0.3, 0.4) is 0 Å². The summed E-state index contributed by atoms with van der Waals surface area (Å²) in [6, 6.07) is 18.6. The second-order valence-electron chi connectivity index (χ2n) is 11.3. The second kappa shape index (κ2) is 14.1. The van der Waals surface area contributed by atoms with E-state index in [4.69, 9.17) is 0 Å². The highest BCUT2D eigenvalue weighted by Crippen LogP contribution is 2.32. The number of hydrogen-bond donors (Lipinski definition) is 3. The molecule has 3 heterocycles. The third-order valence-corrected chi connectivity index (χ3v) is 8.00. The van der Waals surface area contributed by atoms with Gasteiger partial charge in [0.15, 0.2) is 5.82 Å². The van der Waals surface area contributed by atoms with Crippen LogP contribution in [0.1, 0.15) is 19.5 Å². The monoisotopic (exact) mass is 596 g/mol. The predicted octanol–water partition coefficient (Wildman–Crippen LogP) is 5.24. The lowest BCUT2D eigenvalue weighted by Crippen LogP contribution is -2.33. The van der Waals surface area contributed by atoms with Crippen LogP contribution in [0.15, 0.2) is 85.7 Å². The molecule has 10 nitrogen and oxygen atoms in total. The van der Waals surface area contributed by atoms with Crippen LogP contribution in [0.25, 0.3) is 0 Å². The summed E-state index contributed by atoms with van der Waals surface area (Å²) in [4.78, 5) is 13.9. The van der Waals surface area contributed by atoms with E-state index in [2.05, 4.69) is 145 Å². The number of hydrogen-bond acceptors (Lipinski definition) is 8. The molecule has 0 fully saturated rings. The molecular formula is C34H46N9O+. The Bertz CT molecular complexity index is 1530. The summed E-state index contributed by atoms with van der Waals surface area (Å²) in [5.41, 5.74) is 5.48. The molecule has 10 heteroatoms. The minimum Gasteiger partial charge on any atom is -0.506 e. The SMILES string of the molecule is CCN(CCN1C=CN(C)C1)c1ccc(Nc2cc(O)c(C)nc2Nc2ccc(N(CC)CCn3cc[n+](C)c3)cc2)cc1. The number of aromatic hydroxyl groups is 1. The van der Waals surface area contributed by atoms with E-state index in [0.717, 1.165) is 57.3 Å². The highest BCUT2D eigenvalue weighted by molar-refractivity contribution is 5.77. The maximum absolute atomic E-state index is 10.5. The normalized spacial score (nSPS) is 12.6. The first kappa shape index (κ1) is 30.6. The van der Waals surface area contributed by atoms with Gasteiger partial charge in [-0.1, -0.05) is 0 Å². The van der Waals surface area contributed by atoms with E-state index in [1.807, 2.05) is 7.05 Å². The molecule has 0 radical (unpaired) electrons. The Morgan fingerprint density at radius 2 is 1.50 bits per heavy atom. The van der Waals surface area contributed by atoms with Crippen molar-refractivity contribution < 1.29 is 9.67 Å². The van der Waals surface area contributed by atoms with Crippen molar-refractivity contribution in [2.45, 2.75) is 27.3 Å². The molecule has 0 atom stereocenters. The minimum atomic E-state index is 0.152. The lowest BCUT2D eigenvalue weighted by molar-refractivity contribution is -0.671. The maximum Gasteiger partial charge on any atom is 0.243 e. The fourth-order valence-electron chi connectivity index (χ4n) is 5.38. The molecule has 2 aromatic carbocycles. The van der Waals surface area contributed by atoms with Crippen molar-refractivity contribution >= 4 is 34.3 Å². The number of imidazole rings is 1. The molecule has 3 N–H and O–H groups in total. The van der Waals surface area contributed by atoms with Gasteiger partial charge in [0.2, 0.25) is 6.33 Å². The van der Waals surface area contributed by atoms with Gasteiger partial charge in [-0.05, 0) is 69.3 Å². The number of benzene rings is 2. The molecule has 0 saturated heterocycles. The van der Waals surface area contributed by atoms with Gasteiger partial charge in [0, 0.05) is 74.4 Å². The van der Waals surface area contributed by atoms with Crippen molar-refractivity contribution in [2.75, 3.05) is 66.9 Å². The number of nitrogens with zero attached hydrogens (tertiary/aromatic N) is 7. The average molecular weight is 597 g/mol. The van der Waals surface area contributed by atoms with Crippen LogP contribution in [0.2, 0.25) is 0 Å². The summed E-state index contributed by atoms with van der Waals surface area (Å²) in [6.07, 6.45) is 10.5. The quantitative estimate of drug-likeness (QED) is 0.171. The Balaban J connectivity index is 1.24. The van der Waals surface area contributed by atoms with Crippen molar-refractivity contribution in [1.29, 1.82) is 0 Å². The van der Waals surface area contributed by atoms with Crippen LogP contribution >= 0.6 is 0 Å². The molecule has 0 amide bonds. The Labute approximate surface area is 261 Å². The van der Waals surface area contributed by atoms with Crippen molar-refractivity contribution in [1.82, 2.24) is 19.4 Å². The van der Waals surface area contributed by atoms with E-state index in [1.54, 1.807) is 13.0 Å². The van der Waals surface area contributed by atoms with Gasteiger partial charge in [-0.15, -0.1) is 0 Å². The van der Waals surface area contributed by atoms with Gasteiger partial charge in [-0.25, -0.2) is 14.1 Å². The van der Waals surface area contributed by atoms with Gasteiger partial charge in [0.25, 0.3) is 0 Å². The van der Waals surface area contributed by atoms with Gasteiger partial charge in [-0.3, -0.25) is 0 Å². The molecule has 2 aromatic heterocycles. The third kappa shape index (κ3) is 7.75. The molecule has 0 spiro atoms. The lowest BCUT2D eigenvalue weighted by Gasteiger charge is -2.27. The first-order valence-corrected chi connectivity index (χ1v) is 15.4. The fourth-order valence-corrected chi connectivity index (χ4v) is 5.38. The van der Waals surface area contributed by atoms with Crippen LogP contribution in [0, 0.1) is 6.92 Å². The zero-order valence-corrected chi connectivity index (χ0v) is 26.6. The van der Waals surface area contributed by atoms with Crippen molar-refractivity contribution in [2.24, 2.45) is 7.05 Å². The van der Waals surface area contributed by atoms with Crippen LogP contribution in [-0.4, -0.2) is 70.9 Å². The molecule has 4 aromatic rings. The third-order valence-electron chi connectivity index (χ3n) is 8.00. The van der Waals surface area contributed by atoms with E-state index in [-0.39, 0.29) is 5.75 Å². The fraction of sp³-hybridized carbons (Fsp3) is 0.353. The average Bonchev–Trinajstić information content (AvgIpc) is 3.64. The molecule has 232 valence electrons. The van der Waals surface area contributed by atoms with E-state index in [9.17, 15) is 5.11 Å². The summed E-state index contributed by atoms with van der Waals surface area (Å²) in [7, 11) is 4.13. The molecule has 44 heavy (non-hydrogen) atoms. The van der Waals surface area contributed by atoms with Gasteiger partial charge in [0.1, 0.15) is 24.7 Å². The molecule has 0 saturated carbocycles. The highest BCUT2D eigenvalue weighted by atomic mass is 16.3. The van der Waals surface area contributed by atoms with E-state index in [0.29, 0.717) is 17.2 Å². The Morgan fingerprint density at radius 3 is 2.05 bits per heavy atom. The van der Waals surface area contributed by atoms with Crippen LogP contribution in [-0.2, 0) is 13.6 Å². The van der Waals surface area contributed by atoms with E-state index >= 15 is 0 Å². The van der Waals surface area contributed by atoms with Crippen LogP contribution in [0.4, 0.5) is 34.3 Å². The first-order chi connectivity index (χ1) is 21.3. The Kier molecular flexibility index (Phi) is 9.79. The largest absolute Gasteiger partial charge is 0.506 e. The summed E-state index contributed by atoms with van der Waals surface area (Å²) in [5, 5.41) is 17.4. The number of likely N-dealkylation sites (N-methyl/N-ethyl adjacent to an activating group) is 2. The van der Waals surface area contributed by atoms with Crippen LogP contribution in [0.5, 0.6) is 5.75 Å². The van der Waals surface area contributed by atoms with Gasteiger partial charge in [0.05, 0.1) is 31.6 Å². The number of nitrogens with one attached hydrogen (secondary N) is 2. The topological polar surface area (TPSA) is 78.9 Å². The van der Waals surface area contributed by atoms with Crippen LogP contribution < -0.4 is 25.0 Å². The van der Waals surface area contributed by atoms with E-state index < -0.39 is 0 Å². The zero-order valence-electron chi connectivity index (χ0n) is 26.6. The smallest absolute Gasteiger partial charge is 0.243 e. The Hall–Kier alpha value is -4.86. The maximum atomic E-state index is 10.5. The second-order valence-corrected chi connectivity index (χ2v) is 11.3. The van der Waals surface area contributed by atoms with Gasteiger partial charge in [-0.2, -0.15) is 0 Å².